The smallest absolute Gasteiger partial charge is 0.120 e. The lowest BCUT2D eigenvalue weighted by Gasteiger charge is -2.16. The normalized spacial score (nSPS) is 19.3. The maximum atomic E-state index is 8.83. The van der Waals surface area contributed by atoms with Crippen molar-refractivity contribution in [3.8, 4) is 11.8 Å². The van der Waals surface area contributed by atoms with Crippen molar-refractivity contribution in [3.63, 3.8) is 0 Å². The number of nitrogens with zero attached hydrogens (tertiary/aromatic N) is 2. The van der Waals surface area contributed by atoms with Crippen LogP contribution in [0.5, 0.6) is 5.75 Å². The van der Waals surface area contributed by atoms with E-state index in [9.17, 15) is 0 Å². The third-order valence-electron chi connectivity index (χ3n) is 3.71. The Kier molecular flexibility index (Phi) is 5.23. The second kappa shape index (κ2) is 7.16. The van der Waals surface area contributed by atoms with Gasteiger partial charge < -0.3 is 4.74 Å². The summed E-state index contributed by atoms with van der Waals surface area (Å²) in [7, 11) is 0. The molecule has 3 heteroatoms. The van der Waals surface area contributed by atoms with Gasteiger partial charge >= 0.3 is 0 Å². The Morgan fingerprint density at radius 3 is 3.16 bits per heavy atom. The number of likely N-dealkylation sites (tertiary alicyclic amines) is 1. The van der Waals surface area contributed by atoms with Crippen molar-refractivity contribution in [1.29, 1.82) is 5.26 Å². The molecule has 1 atom stereocenters. The van der Waals surface area contributed by atoms with Gasteiger partial charge in [-0.1, -0.05) is 19.4 Å². The van der Waals surface area contributed by atoms with Crippen LogP contribution in [0.4, 0.5) is 0 Å². The standard InChI is InChI=1S/C16H22N2O/c1-2-4-14-7-8-18(13-14)9-10-19-16-6-3-5-15(11-16)12-17/h3,5-6,11,14H,2,4,7-10,13H2,1H3. The van der Waals surface area contributed by atoms with Crippen molar-refractivity contribution in [2.75, 3.05) is 26.2 Å². The molecule has 1 aromatic carbocycles. The molecule has 0 saturated carbocycles. The van der Waals surface area contributed by atoms with Gasteiger partial charge in [-0.25, -0.2) is 0 Å². The molecule has 1 heterocycles. The molecule has 0 spiro atoms. The fraction of sp³-hybridized carbons (Fsp3) is 0.562. The first-order chi connectivity index (χ1) is 9.31. The van der Waals surface area contributed by atoms with Gasteiger partial charge in [0.1, 0.15) is 12.4 Å². The lowest BCUT2D eigenvalue weighted by Crippen LogP contribution is -2.26. The predicted octanol–water partition coefficient (Wildman–Crippen LogP) is 3.06. The molecular weight excluding hydrogens is 236 g/mol. The quantitative estimate of drug-likeness (QED) is 0.787. The van der Waals surface area contributed by atoms with Crippen LogP contribution in [0.2, 0.25) is 0 Å². The maximum absolute atomic E-state index is 8.83. The fourth-order valence-electron chi connectivity index (χ4n) is 2.71. The molecular formula is C16H22N2O. The highest BCUT2D eigenvalue weighted by molar-refractivity contribution is 5.36. The molecule has 0 aliphatic carbocycles. The minimum Gasteiger partial charge on any atom is -0.492 e. The molecule has 102 valence electrons. The summed E-state index contributed by atoms with van der Waals surface area (Å²) in [6, 6.07) is 9.49. The third-order valence-corrected chi connectivity index (χ3v) is 3.71. The molecule has 0 amide bonds. The van der Waals surface area contributed by atoms with Gasteiger partial charge in [0.2, 0.25) is 0 Å². The zero-order chi connectivity index (χ0) is 13.5. The second-order valence-electron chi connectivity index (χ2n) is 5.23. The highest BCUT2D eigenvalue weighted by Gasteiger charge is 2.20. The van der Waals surface area contributed by atoms with E-state index >= 15 is 0 Å². The number of ether oxygens (including phenoxy) is 1. The van der Waals surface area contributed by atoms with Gasteiger partial charge in [-0.2, -0.15) is 5.26 Å². The van der Waals surface area contributed by atoms with Crippen LogP contribution in [-0.2, 0) is 0 Å². The first-order valence-electron chi connectivity index (χ1n) is 7.17. The second-order valence-corrected chi connectivity index (χ2v) is 5.23. The van der Waals surface area contributed by atoms with Gasteiger partial charge in [-0.15, -0.1) is 0 Å². The molecule has 0 N–H and O–H groups in total. The molecule has 1 aliphatic rings. The monoisotopic (exact) mass is 258 g/mol. The predicted molar refractivity (Wildman–Crippen MR) is 76.1 cm³/mol. The first-order valence-corrected chi connectivity index (χ1v) is 7.17. The molecule has 1 aromatic rings. The summed E-state index contributed by atoms with van der Waals surface area (Å²) in [6.45, 7) is 6.36. The van der Waals surface area contributed by atoms with Crippen molar-refractivity contribution in [2.45, 2.75) is 26.2 Å². The zero-order valence-corrected chi connectivity index (χ0v) is 11.6. The van der Waals surface area contributed by atoms with Crippen LogP contribution in [0.1, 0.15) is 31.7 Å². The largest absolute Gasteiger partial charge is 0.492 e. The first kappa shape index (κ1) is 13.9. The van der Waals surface area contributed by atoms with E-state index in [1.54, 1.807) is 12.1 Å². The van der Waals surface area contributed by atoms with E-state index in [0.29, 0.717) is 12.2 Å². The van der Waals surface area contributed by atoms with Gasteiger partial charge in [0.15, 0.2) is 0 Å². The van der Waals surface area contributed by atoms with Crippen LogP contribution in [-0.4, -0.2) is 31.1 Å². The Labute approximate surface area is 115 Å². The van der Waals surface area contributed by atoms with E-state index in [2.05, 4.69) is 17.9 Å². The minimum absolute atomic E-state index is 0.654. The third kappa shape index (κ3) is 4.25. The molecule has 19 heavy (non-hydrogen) atoms. The lowest BCUT2D eigenvalue weighted by atomic mass is 10.0. The molecule has 0 radical (unpaired) electrons. The fourth-order valence-corrected chi connectivity index (χ4v) is 2.71. The van der Waals surface area contributed by atoms with Crippen molar-refractivity contribution >= 4 is 0 Å². The summed E-state index contributed by atoms with van der Waals surface area (Å²) >= 11 is 0. The summed E-state index contributed by atoms with van der Waals surface area (Å²) in [5, 5.41) is 8.83. The van der Waals surface area contributed by atoms with E-state index in [4.69, 9.17) is 10.00 Å². The Morgan fingerprint density at radius 2 is 2.37 bits per heavy atom. The van der Waals surface area contributed by atoms with E-state index < -0.39 is 0 Å². The van der Waals surface area contributed by atoms with Crippen molar-refractivity contribution in [3.05, 3.63) is 29.8 Å². The summed E-state index contributed by atoms with van der Waals surface area (Å²) in [5.41, 5.74) is 0.654. The maximum Gasteiger partial charge on any atom is 0.120 e. The molecule has 3 nitrogen and oxygen atoms in total. The summed E-state index contributed by atoms with van der Waals surface area (Å²) < 4.78 is 5.71. The summed E-state index contributed by atoms with van der Waals surface area (Å²) in [6.07, 6.45) is 3.97. The number of hydrogen-bond donors (Lipinski definition) is 0. The SMILES string of the molecule is CCCC1CCN(CCOc2cccc(C#N)c2)C1. The van der Waals surface area contributed by atoms with Gasteiger partial charge in [-0.3, -0.25) is 4.90 Å². The van der Waals surface area contributed by atoms with Gasteiger partial charge in [-0.05, 0) is 43.5 Å². The van der Waals surface area contributed by atoms with Gasteiger partial charge in [0.25, 0.3) is 0 Å². The molecule has 0 bridgehead atoms. The molecule has 1 aliphatic heterocycles. The molecule has 1 unspecified atom stereocenters. The van der Waals surface area contributed by atoms with Crippen molar-refractivity contribution < 1.29 is 4.74 Å². The minimum atomic E-state index is 0.654. The Bertz CT molecular complexity index is 439. The number of hydrogen-bond acceptors (Lipinski definition) is 3. The van der Waals surface area contributed by atoms with E-state index in [1.807, 2.05) is 12.1 Å². The Hall–Kier alpha value is -1.53. The van der Waals surface area contributed by atoms with E-state index in [-0.39, 0.29) is 0 Å². The van der Waals surface area contributed by atoms with E-state index in [1.165, 1.54) is 32.4 Å². The molecule has 2 rings (SSSR count). The van der Waals surface area contributed by atoms with Crippen LogP contribution in [0.25, 0.3) is 0 Å². The summed E-state index contributed by atoms with van der Waals surface area (Å²) in [4.78, 5) is 2.48. The van der Waals surface area contributed by atoms with E-state index in [0.717, 1.165) is 18.2 Å². The highest BCUT2D eigenvalue weighted by atomic mass is 16.5. The Morgan fingerprint density at radius 1 is 1.47 bits per heavy atom. The number of rotatable bonds is 6. The van der Waals surface area contributed by atoms with Crippen LogP contribution in [0.3, 0.4) is 0 Å². The van der Waals surface area contributed by atoms with Crippen LogP contribution in [0, 0.1) is 17.2 Å². The number of benzene rings is 1. The van der Waals surface area contributed by atoms with Crippen LogP contribution < -0.4 is 4.74 Å². The number of nitriles is 1. The lowest BCUT2D eigenvalue weighted by molar-refractivity contribution is 0.232. The zero-order valence-electron chi connectivity index (χ0n) is 11.6. The molecule has 1 saturated heterocycles. The average molecular weight is 258 g/mol. The molecule has 0 aromatic heterocycles. The van der Waals surface area contributed by atoms with Gasteiger partial charge in [0, 0.05) is 13.1 Å². The summed E-state index contributed by atoms with van der Waals surface area (Å²) in [5.74, 6) is 1.68. The van der Waals surface area contributed by atoms with Crippen molar-refractivity contribution in [2.24, 2.45) is 5.92 Å². The van der Waals surface area contributed by atoms with Crippen LogP contribution in [0.15, 0.2) is 24.3 Å². The van der Waals surface area contributed by atoms with Crippen LogP contribution >= 0.6 is 0 Å². The average Bonchev–Trinajstić information content (AvgIpc) is 2.87. The Balaban J connectivity index is 1.71. The molecule has 1 fully saturated rings. The topological polar surface area (TPSA) is 36.3 Å². The highest BCUT2D eigenvalue weighted by Crippen LogP contribution is 2.20. The van der Waals surface area contributed by atoms with Crippen molar-refractivity contribution in [1.82, 2.24) is 4.90 Å². The van der Waals surface area contributed by atoms with Gasteiger partial charge in [0.05, 0.1) is 11.6 Å².